The lowest BCUT2D eigenvalue weighted by atomic mass is 9.43. The van der Waals surface area contributed by atoms with Crippen molar-refractivity contribution >= 4 is 17.5 Å². The van der Waals surface area contributed by atoms with Gasteiger partial charge in [0.15, 0.2) is 5.78 Å². The molecule has 2 saturated carbocycles. The van der Waals surface area contributed by atoms with Crippen molar-refractivity contribution in [3.8, 4) is 0 Å². The van der Waals surface area contributed by atoms with Gasteiger partial charge in [-0.15, -0.1) is 0 Å². The zero-order valence-electron chi connectivity index (χ0n) is 22.9. The van der Waals surface area contributed by atoms with E-state index in [1.54, 1.807) is 6.92 Å². The minimum absolute atomic E-state index is 0.0346. The molecule has 8 atom stereocenters. The van der Waals surface area contributed by atoms with E-state index in [0.717, 1.165) is 44.1 Å². The molecule has 5 nitrogen and oxygen atoms in total. The van der Waals surface area contributed by atoms with Crippen LogP contribution in [0.4, 0.5) is 0 Å². The first kappa shape index (κ1) is 26.6. The highest BCUT2D eigenvalue weighted by Gasteiger charge is 2.65. The maximum Gasteiger partial charge on any atom is 0.306 e. The molecule has 0 aromatic carbocycles. The molecular formula is C30H46O5. The maximum absolute atomic E-state index is 13.9. The van der Waals surface area contributed by atoms with E-state index in [9.17, 15) is 24.6 Å². The third-order valence-corrected chi connectivity index (χ3v) is 11.8. The Hall–Kier alpha value is -1.49. The van der Waals surface area contributed by atoms with E-state index in [4.69, 9.17) is 0 Å². The molecule has 4 rings (SSSR count). The average Bonchev–Trinajstić information content (AvgIpc) is 3.04. The molecule has 0 aromatic rings. The van der Waals surface area contributed by atoms with Gasteiger partial charge in [0.2, 0.25) is 0 Å². The summed E-state index contributed by atoms with van der Waals surface area (Å²) < 4.78 is 0. The molecule has 0 radical (unpaired) electrons. The number of carbonyl (C=O) groups is 3. The summed E-state index contributed by atoms with van der Waals surface area (Å²) in [4.78, 5) is 37.8. The summed E-state index contributed by atoms with van der Waals surface area (Å²) in [5.74, 6) is -0.558. The first-order valence-corrected chi connectivity index (χ1v) is 13.8. The fourth-order valence-electron chi connectivity index (χ4n) is 9.32. The summed E-state index contributed by atoms with van der Waals surface area (Å²) in [6.07, 6.45) is 6.33. The molecule has 0 spiro atoms. The van der Waals surface area contributed by atoms with Crippen LogP contribution in [-0.2, 0) is 14.4 Å². The van der Waals surface area contributed by atoms with E-state index in [2.05, 4.69) is 41.5 Å². The minimum atomic E-state index is -0.917. The molecule has 196 valence electrons. The highest BCUT2D eigenvalue weighted by Crippen LogP contribution is 2.71. The van der Waals surface area contributed by atoms with Gasteiger partial charge >= 0.3 is 5.97 Å². The van der Waals surface area contributed by atoms with Crippen molar-refractivity contribution < 1.29 is 24.6 Å². The van der Waals surface area contributed by atoms with Gasteiger partial charge in [-0.1, -0.05) is 54.0 Å². The van der Waals surface area contributed by atoms with E-state index >= 15 is 0 Å². The molecule has 0 amide bonds. The lowest BCUT2D eigenvalue weighted by Crippen LogP contribution is -2.57. The van der Waals surface area contributed by atoms with Crippen LogP contribution in [0.2, 0.25) is 0 Å². The molecule has 0 saturated heterocycles. The SMILES string of the molecule is CC(CC(=O)C[C@@H](C)[C@H]1CC[C@@]2(C)C3=C(CC[C@]12C)[C@@]1(C)CC[C@@H](O)C(C)(C)[C@@H]1CC3=O)C(=O)O. The van der Waals surface area contributed by atoms with Crippen LogP contribution >= 0.6 is 0 Å². The Bertz CT molecular complexity index is 962. The summed E-state index contributed by atoms with van der Waals surface area (Å²) in [6, 6.07) is 0. The van der Waals surface area contributed by atoms with Gasteiger partial charge < -0.3 is 10.2 Å². The molecule has 1 unspecified atom stereocenters. The maximum atomic E-state index is 13.9. The van der Waals surface area contributed by atoms with Gasteiger partial charge in [-0.2, -0.15) is 0 Å². The predicted molar refractivity (Wildman–Crippen MR) is 136 cm³/mol. The molecule has 0 bridgehead atoms. The molecule has 2 N–H and O–H groups in total. The summed E-state index contributed by atoms with van der Waals surface area (Å²) in [7, 11) is 0. The number of rotatable bonds is 6. The summed E-state index contributed by atoms with van der Waals surface area (Å²) in [5.41, 5.74) is 1.91. The highest BCUT2D eigenvalue weighted by molar-refractivity contribution is 5.99. The number of aliphatic hydroxyl groups excluding tert-OH is 1. The van der Waals surface area contributed by atoms with Crippen molar-refractivity contribution in [3.05, 3.63) is 11.1 Å². The third kappa shape index (κ3) is 3.78. The number of Topliss-reactive ketones (excluding diaryl/α,β-unsaturated/α-hetero) is 2. The standard InChI is InChI=1S/C30H46O5/c1-17(14-19(31)15-18(2)26(34)35)20-8-13-30(7)25-21(9-12-29(20,30)6)28(5)11-10-24(33)27(3,4)23(28)16-22(25)32/h17-18,20,23-24,33H,8-16H2,1-7H3,(H,34,35)/t17-,18?,20-,23+,24-,28-,29-,30+/m1/s1. The van der Waals surface area contributed by atoms with Crippen LogP contribution < -0.4 is 0 Å². The summed E-state index contributed by atoms with van der Waals surface area (Å²) in [6.45, 7) is 15.1. The number of carbonyl (C=O) groups excluding carboxylic acids is 2. The molecule has 4 aliphatic rings. The zero-order valence-corrected chi connectivity index (χ0v) is 22.9. The Balaban J connectivity index is 1.64. The van der Waals surface area contributed by atoms with Crippen LogP contribution in [0.25, 0.3) is 0 Å². The molecule has 35 heavy (non-hydrogen) atoms. The molecule has 0 aliphatic heterocycles. The van der Waals surface area contributed by atoms with E-state index in [1.807, 2.05) is 0 Å². The van der Waals surface area contributed by atoms with Crippen LogP contribution in [0.1, 0.15) is 106 Å². The van der Waals surface area contributed by atoms with Crippen molar-refractivity contribution in [1.29, 1.82) is 0 Å². The number of aliphatic carboxylic acids is 1. The van der Waals surface area contributed by atoms with E-state index in [0.29, 0.717) is 18.8 Å². The second kappa shape index (κ2) is 8.53. The number of ketones is 2. The molecule has 4 aliphatic carbocycles. The Labute approximate surface area is 211 Å². The van der Waals surface area contributed by atoms with Crippen LogP contribution in [0.15, 0.2) is 11.1 Å². The van der Waals surface area contributed by atoms with Gasteiger partial charge in [0.05, 0.1) is 12.0 Å². The lowest BCUT2D eigenvalue weighted by Gasteiger charge is -2.61. The number of allylic oxidation sites excluding steroid dienone is 2. The second-order valence-electron chi connectivity index (χ2n) is 13.9. The number of carboxylic acids is 1. The van der Waals surface area contributed by atoms with Crippen molar-refractivity contribution in [3.63, 3.8) is 0 Å². The van der Waals surface area contributed by atoms with Crippen LogP contribution in [0.5, 0.6) is 0 Å². The van der Waals surface area contributed by atoms with Crippen molar-refractivity contribution in [2.24, 2.45) is 45.3 Å². The van der Waals surface area contributed by atoms with Crippen LogP contribution in [0, 0.1) is 45.3 Å². The fourth-order valence-corrected chi connectivity index (χ4v) is 9.32. The quantitative estimate of drug-likeness (QED) is 0.482. The predicted octanol–water partition coefficient (Wildman–Crippen LogP) is 5.98. The fraction of sp³-hybridized carbons (Fsp3) is 0.833. The average molecular weight is 487 g/mol. The topological polar surface area (TPSA) is 91.7 Å². The molecular weight excluding hydrogens is 440 g/mol. The van der Waals surface area contributed by atoms with Crippen molar-refractivity contribution in [2.45, 2.75) is 112 Å². The van der Waals surface area contributed by atoms with Gasteiger partial charge in [0.1, 0.15) is 5.78 Å². The largest absolute Gasteiger partial charge is 0.481 e. The molecule has 2 fully saturated rings. The van der Waals surface area contributed by atoms with Crippen LogP contribution in [0.3, 0.4) is 0 Å². The number of fused-ring (bicyclic) bond motifs is 4. The van der Waals surface area contributed by atoms with Gasteiger partial charge in [-0.3, -0.25) is 14.4 Å². The summed E-state index contributed by atoms with van der Waals surface area (Å²) in [5, 5.41) is 20.0. The van der Waals surface area contributed by atoms with Gasteiger partial charge in [-0.25, -0.2) is 0 Å². The van der Waals surface area contributed by atoms with E-state index < -0.39 is 11.9 Å². The third-order valence-electron chi connectivity index (χ3n) is 11.8. The minimum Gasteiger partial charge on any atom is -0.481 e. The van der Waals surface area contributed by atoms with Crippen molar-refractivity contribution in [2.75, 3.05) is 0 Å². The zero-order chi connectivity index (χ0) is 26.1. The monoisotopic (exact) mass is 486 g/mol. The van der Waals surface area contributed by atoms with Gasteiger partial charge in [-0.05, 0) is 72.5 Å². The summed E-state index contributed by atoms with van der Waals surface area (Å²) >= 11 is 0. The number of hydrogen-bond donors (Lipinski definition) is 2. The number of hydrogen-bond acceptors (Lipinski definition) is 4. The first-order valence-electron chi connectivity index (χ1n) is 13.8. The number of carboxylic acid groups (broad SMARTS) is 1. The van der Waals surface area contributed by atoms with E-state index in [1.165, 1.54) is 5.57 Å². The highest BCUT2D eigenvalue weighted by atomic mass is 16.4. The van der Waals surface area contributed by atoms with Crippen LogP contribution in [-0.4, -0.2) is 33.9 Å². The Kier molecular flexibility index (Phi) is 6.48. The normalized spacial score (nSPS) is 42.1. The molecule has 5 heteroatoms. The van der Waals surface area contributed by atoms with Crippen molar-refractivity contribution in [1.82, 2.24) is 0 Å². The Morgan fingerprint density at radius 2 is 1.66 bits per heavy atom. The Morgan fingerprint density at radius 3 is 2.29 bits per heavy atom. The van der Waals surface area contributed by atoms with Gasteiger partial charge in [0, 0.05) is 30.3 Å². The second-order valence-corrected chi connectivity index (χ2v) is 13.9. The first-order chi connectivity index (χ1) is 16.1. The molecule has 0 heterocycles. The van der Waals surface area contributed by atoms with Gasteiger partial charge in [0.25, 0.3) is 0 Å². The Morgan fingerprint density at radius 1 is 1.00 bits per heavy atom. The lowest BCUT2D eigenvalue weighted by molar-refractivity contribution is -0.143. The molecule has 0 aromatic heterocycles. The smallest absolute Gasteiger partial charge is 0.306 e. The van der Waals surface area contributed by atoms with E-state index in [-0.39, 0.29) is 57.6 Å². The number of aliphatic hydroxyl groups is 1.